The summed E-state index contributed by atoms with van der Waals surface area (Å²) in [5.74, 6) is -0.163. The molecule has 2 atom stereocenters. The number of methoxy groups -OCH3 is 1. The molecule has 16 heavy (non-hydrogen) atoms. The summed E-state index contributed by atoms with van der Waals surface area (Å²) in [6.07, 6.45) is 6.32. The maximum absolute atomic E-state index is 11.1. The van der Waals surface area contributed by atoms with Crippen molar-refractivity contribution in [3.63, 3.8) is 0 Å². The molecule has 2 aliphatic rings. The molecule has 2 fully saturated rings. The number of carbonyl (C=O) groups is 1. The van der Waals surface area contributed by atoms with E-state index in [9.17, 15) is 4.79 Å². The predicted molar refractivity (Wildman–Crippen MR) is 62.2 cm³/mol. The fourth-order valence-corrected chi connectivity index (χ4v) is 3.08. The van der Waals surface area contributed by atoms with Crippen LogP contribution in [0.15, 0.2) is 0 Å². The number of esters is 1. The normalized spacial score (nSPS) is 34.8. The van der Waals surface area contributed by atoms with Gasteiger partial charge in [0.2, 0.25) is 0 Å². The van der Waals surface area contributed by atoms with Crippen LogP contribution in [0.4, 0.5) is 0 Å². The summed E-state index contributed by atoms with van der Waals surface area (Å²) in [6.45, 7) is 0.352. The van der Waals surface area contributed by atoms with Gasteiger partial charge in [0.05, 0.1) is 13.7 Å². The second-order valence-corrected chi connectivity index (χ2v) is 5.03. The second kappa shape index (κ2) is 5.15. The van der Waals surface area contributed by atoms with Crippen molar-refractivity contribution in [2.45, 2.75) is 50.2 Å². The molecule has 2 bridgehead atoms. The molecule has 4 nitrogen and oxygen atoms in total. The molecule has 2 unspecified atom stereocenters. The van der Waals surface area contributed by atoms with E-state index in [1.54, 1.807) is 0 Å². The van der Waals surface area contributed by atoms with Gasteiger partial charge < -0.3 is 15.0 Å². The average molecular weight is 226 g/mol. The van der Waals surface area contributed by atoms with E-state index in [0.29, 0.717) is 24.7 Å². The van der Waals surface area contributed by atoms with Gasteiger partial charge in [-0.05, 0) is 32.7 Å². The highest BCUT2D eigenvalue weighted by molar-refractivity contribution is 5.71. The molecule has 4 heteroatoms. The molecule has 0 saturated carbocycles. The summed E-state index contributed by atoms with van der Waals surface area (Å²) in [5, 5.41) is 3.32. The molecule has 92 valence electrons. The quantitative estimate of drug-likeness (QED) is 0.722. The summed E-state index contributed by atoms with van der Waals surface area (Å²) < 4.78 is 4.64. The second-order valence-electron chi connectivity index (χ2n) is 5.03. The zero-order valence-corrected chi connectivity index (χ0v) is 10.2. The van der Waals surface area contributed by atoms with E-state index in [1.807, 2.05) is 0 Å². The van der Waals surface area contributed by atoms with Crippen molar-refractivity contribution in [2.24, 2.45) is 0 Å². The molecule has 2 aliphatic heterocycles. The zero-order chi connectivity index (χ0) is 11.5. The maximum Gasteiger partial charge on any atom is 0.319 e. The van der Waals surface area contributed by atoms with Crippen LogP contribution in [0.1, 0.15) is 32.1 Å². The summed E-state index contributed by atoms with van der Waals surface area (Å²) >= 11 is 0. The van der Waals surface area contributed by atoms with Crippen LogP contribution in [0.5, 0.6) is 0 Å². The topological polar surface area (TPSA) is 41.6 Å². The van der Waals surface area contributed by atoms with Gasteiger partial charge >= 0.3 is 5.97 Å². The monoisotopic (exact) mass is 226 g/mol. The van der Waals surface area contributed by atoms with Gasteiger partial charge in [-0.3, -0.25) is 4.79 Å². The third kappa shape index (κ3) is 2.55. The number of carbonyl (C=O) groups excluding carboxylic acids is 1. The van der Waals surface area contributed by atoms with Crippen LogP contribution in [0.2, 0.25) is 0 Å². The van der Waals surface area contributed by atoms with Crippen molar-refractivity contribution < 1.29 is 9.53 Å². The molecule has 0 aromatic heterocycles. The Morgan fingerprint density at radius 2 is 2.00 bits per heavy atom. The lowest BCUT2D eigenvalue weighted by atomic mass is 9.82. The van der Waals surface area contributed by atoms with E-state index in [2.05, 4.69) is 22.0 Å². The smallest absolute Gasteiger partial charge is 0.319 e. The van der Waals surface area contributed by atoms with Gasteiger partial charge in [-0.1, -0.05) is 6.42 Å². The number of ether oxygens (including phenoxy) is 1. The van der Waals surface area contributed by atoms with E-state index in [4.69, 9.17) is 0 Å². The summed E-state index contributed by atoms with van der Waals surface area (Å²) in [4.78, 5) is 13.6. The minimum atomic E-state index is -0.163. The van der Waals surface area contributed by atoms with E-state index >= 15 is 0 Å². The molecular formula is C12H22N2O2. The van der Waals surface area contributed by atoms with Crippen molar-refractivity contribution in [3.8, 4) is 0 Å². The average Bonchev–Trinajstić information content (AvgIpc) is 2.26. The first-order valence-corrected chi connectivity index (χ1v) is 6.23. The van der Waals surface area contributed by atoms with Gasteiger partial charge in [-0.25, -0.2) is 0 Å². The van der Waals surface area contributed by atoms with E-state index in [0.717, 1.165) is 0 Å². The van der Waals surface area contributed by atoms with Gasteiger partial charge in [0.1, 0.15) is 0 Å². The third-order valence-corrected chi connectivity index (χ3v) is 4.10. The molecule has 1 N–H and O–H groups in total. The Labute approximate surface area is 97.3 Å². The highest BCUT2D eigenvalue weighted by Gasteiger charge is 2.35. The number of hydrogen-bond donors (Lipinski definition) is 1. The van der Waals surface area contributed by atoms with Crippen molar-refractivity contribution in [2.75, 3.05) is 20.7 Å². The Morgan fingerprint density at radius 1 is 1.38 bits per heavy atom. The van der Waals surface area contributed by atoms with Crippen LogP contribution in [0.25, 0.3) is 0 Å². The van der Waals surface area contributed by atoms with Crippen molar-refractivity contribution in [1.82, 2.24) is 10.2 Å². The largest absolute Gasteiger partial charge is 0.468 e. The lowest BCUT2D eigenvalue weighted by Gasteiger charge is -2.47. The van der Waals surface area contributed by atoms with Crippen LogP contribution >= 0.6 is 0 Å². The lowest BCUT2D eigenvalue weighted by Crippen LogP contribution is -2.55. The fourth-order valence-electron chi connectivity index (χ4n) is 3.08. The van der Waals surface area contributed by atoms with Crippen molar-refractivity contribution in [3.05, 3.63) is 0 Å². The van der Waals surface area contributed by atoms with Crippen LogP contribution in [-0.4, -0.2) is 49.7 Å². The Hall–Kier alpha value is -0.610. The van der Waals surface area contributed by atoms with Gasteiger partial charge in [0.15, 0.2) is 0 Å². The molecule has 0 aliphatic carbocycles. The number of hydrogen-bond acceptors (Lipinski definition) is 4. The molecule has 2 heterocycles. The van der Waals surface area contributed by atoms with Crippen LogP contribution in [0, 0.1) is 0 Å². The number of piperidine rings is 2. The highest BCUT2D eigenvalue weighted by Crippen LogP contribution is 2.32. The van der Waals surface area contributed by atoms with Gasteiger partial charge in [0.25, 0.3) is 0 Å². The number of rotatable bonds is 3. The third-order valence-electron chi connectivity index (χ3n) is 4.10. The maximum atomic E-state index is 11.1. The molecule has 0 amide bonds. The molecule has 2 saturated heterocycles. The Bertz CT molecular complexity index is 243. The molecule has 0 aromatic carbocycles. The number of nitrogens with zero attached hydrogens (tertiary/aromatic N) is 1. The van der Waals surface area contributed by atoms with Crippen LogP contribution in [0.3, 0.4) is 0 Å². The first-order chi connectivity index (χ1) is 7.70. The lowest BCUT2D eigenvalue weighted by molar-refractivity contribution is -0.139. The minimum Gasteiger partial charge on any atom is -0.468 e. The Morgan fingerprint density at radius 3 is 2.56 bits per heavy atom. The molecule has 0 spiro atoms. The number of nitrogens with one attached hydrogen (secondary N) is 1. The summed E-state index contributed by atoms with van der Waals surface area (Å²) in [5.41, 5.74) is 0. The van der Waals surface area contributed by atoms with Crippen molar-refractivity contribution >= 4 is 5.97 Å². The van der Waals surface area contributed by atoms with E-state index in [-0.39, 0.29) is 5.97 Å². The predicted octanol–water partition coefficient (Wildman–Crippen LogP) is 0.764. The molecule has 0 radical (unpaired) electrons. The standard InChI is InChI=1S/C12H22N2O2/c1-14-10-4-3-5-11(14)7-9(6-10)13-8-12(15)16-2/h9-11,13H,3-8H2,1-2H3. The van der Waals surface area contributed by atoms with Gasteiger partial charge in [-0.15, -0.1) is 0 Å². The van der Waals surface area contributed by atoms with Gasteiger partial charge in [0, 0.05) is 18.1 Å². The van der Waals surface area contributed by atoms with E-state index in [1.165, 1.54) is 39.2 Å². The van der Waals surface area contributed by atoms with Gasteiger partial charge in [-0.2, -0.15) is 0 Å². The zero-order valence-electron chi connectivity index (χ0n) is 10.2. The highest BCUT2D eigenvalue weighted by atomic mass is 16.5. The van der Waals surface area contributed by atoms with E-state index < -0.39 is 0 Å². The first kappa shape index (κ1) is 11.9. The fraction of sp³-hybridized carbons (Fsp3) is 0.917. The Kier molecular flexibility index (Phi) is 3.82. The first-order valence-electron chi connectivity index (χ1n) is 6.23. The SMILES string of the molecule is COC(=O)CNC1CC2CCCC(C1)N2C. The van der Waals surface area contributed by atoms with Crippen molar-refractivity contribution in [1.29, 1.82) is 0 Å². The molecule has 0 aromatic rings. The van der Waals surface area contributed by atoms with Crippen LogP contribution < -0.4 is 5.32 Å². The summed E-state index contributed by atoms with van der Waals surface area (Å²) in [6, 6.07) is 1.91. The van der Waals surface area contributed by atoms with Crippen LogP contribution in [-0.2, 0) is 9.53 Å². The Balaban J connectivity index is 1.82. The molecular weight excluding hydrogens is 204 g/mol. The molecule has 2 rings (SSSR count). The minimum absolute atomic E-state index is 0.163. The number of fused-ring (bicyclic) bond motifs is 2. The summed E-state index contributed by atoms with van der Waals surface area (Å²) in [7, 11) is 3.68.